The Morgan fingerprint density at radius 3 is 2.74 bits per heavy atom. The summed E-state index contributed by atoms with van der Waals surface area (Å²) in [6.45, 7) is 9.31. The fourth-order valence-corrected chi connectivity index (χ4v) is 3.62. The zero-order valence-corrected chi connectivity index (χ0v) is 19.1. The van der Waals surface area contributed by atoms with Crippen LogP contribution in [0.25, 0.3) is 16.9 Å². The van der Waals surface area contributed by atoms with Gasteiger partial charge in [-0.3, -0.25) is 4.79 Å². The summed E-state index contributed by atoms with van der Waals surface area (Å²) in [6, 6.07) is 9.77. The molecule has 0 aliphatic heterocycles. The monoisotopic (exact) mass is 424 g/mol. The predicted octanol–water partition coefficient (Wildman–Crippen LogP) is 3.89. The highest BCUT2D eigenvalue weighted by atomic mass is 16.5. The zero-order valence-electron chi connectivity index (χ0n) is 19.1. The number of carbonyl (C=O) groups is 1. The Morgan fingerprint density at radius 1 is 1.23 bits per heavy atom. The summed E-state index contributed by atoms with van der Waals surface area (Å²) in [5, 5.41) is 7.73. The van der Waals surface area contributed by atoms with Crippen LogP contribution in [0.3, 0.4) is 0 Å². The van der Waals surface area contributed by atoms with Crippen molar-refractivity contribution in [1.82, 2.24) is 19.9 Å². The number of hydrogen-bond donors (Lipinski definition) is 1. The molecule has 0 aliphatic carbocycles. The van der Waals surface area contributed by atoms with E-state index >= 15 is 0 Å². The highest BCUT2D eigenvalue weighted by Gasteiger charge is 2.16. The molecular formula is C24H32N4O3. The van der Waals surface area contributed by atoms with Crippen molar-refractivity contribution < 1.29 is 14.3 Å². The summed E-state index contributed by atoms with van der Waals surface area (Å²) in [7, 11) is 1.66. The predicted molar refractivity (Wildman–Crippen MR) is 121 cm³/mol. The average Bonchev–Trinajstić information content (AvgIpc) is 3.17. The van der Waals surface area contributed by atoms with Crippen LogP contribution >= 0.6 is 0 Å². The summed E-state index contributed by atoms with van der Waals surface area (Å²) in [5.41, 5.74) is 5.51. The van der Waals surface area contributed by atoms with Crippen molar-refractivity contribution in [2.45, 2.75) is 53.1 Å². The van der Waals surface area contributed by atoms with Crippen LogP contribution in [0.15, 0.2) is 30.3 Å². The summed E-state index contributed by atoms with van der Waals surface area (Å²) in [4.78, 5) is 17.0. The second-order valence-corrected chi connectivity index (χ2v) is 7.88. The molecule has 1 aromatic carbocycles. The number of rotatable bonds is 10. The molecule has 31 heavy (non-hydrogen) atoms. The van der Waals surface area contributed by atoms with Crippen LogP contribution in [-0.2, 0) is 16.0 Å². The number of nitrogens with one attached hydrogen (secondary N) is 1. The summed E-state index contributed by atoms with van der Waals surface area (Å²) < 4.78 is 12.8. The number of para-hydroxylation sites is 1. The molecule has 0 bridgehead atoms. The maximum absolute atomic E-state index is 12.3. The molecule has 2 heterocycles. The first-order valence-corrected chi connectivity index (χ1v) is 10.8. The van der Waals surface area contributed by atoms with E-state index in [-0.39, 0.29) is 12.0 Å². The number of carbonyl (C=O) groups excluding carboxylic acids is 1. The number of aromatic nitrogens is 3. The smallest absolute Gasteiger partial charge is 0.220 e. The first kappa shape index (κ1) is 22.7. The molecule has 0 saturated carbocycles. The normalized spacial score (nSPS) is 11.3. The molecule has 3 aromatic rings. The quantitative estimate of drug-likeness (QED) is 0.500. The van der Waals surface area contributed by atoms with Gasteiger partial charge in [0.05, 0.1) is 18.9 Å². The van der Waals surface area contributed by atoms with E-state index in [0.717, 1.165) is 46.0 Å². The van der Waals surface area contributed by atoms with Gasteiger partial charge >= 0.3 is 0 Å². The average molecular weight is 425 g/mol. The van der Waals surface area contributed by atoms with Gasteiger partial charge in [-0.15, -0.1) is 0 Å². The topological polar surface area (TPSA) is 77.8 Å². The van der Waals surface area contributed by atoms with Gasteiger partial charge in [0.2, 0.25) is 5.91 Å². The minimum atomic E-state index is 0.0404. The largest absolute Gasteiger partial charge is 0.496 e. The first-order valence-electron chi connectivity index (χ1n) is 10.8. The molecule has 7 nitrogen and oxygen atoms in total. The maximum atomic E-state index is 12.3. The van der Waals surface area contributed by atoms with Crippen LogP contribution in [0, 0.1) is 13.8 Å². The highest BCUT2D eigenvalue weighted by Crippen LogP contribution is 2.29. The third kappa shape index (κ3) is 5.61. The number of aryl methyl sites for hydroxylation is 2. The van der Waals surface area contributed by atoms with E-state index in [2.05, 4.69) is 5.32 Å². The van der Waals surface area contributed by atoms with Gasteiger partial charge in [-0.2, -0.15) is 5.10 Å². The van der Waals surface area contributed by atoms with E-state index in [1.165, 1.54) is 0 Å². The second kappa shape index (κ2) is 10.4. The molecule has 0 unspecified atom stereocenters. The highest BCUT2D eigenvalue weighted by molar-refractivity contribution is 5.76. The van der Waals surface area contributed by atoms with Gasteiger partial charge in [-0.1, -0.05) is 12.1 Å². The van der Waals surface area contributed by atoms with Gasteiger partial charge in [0, 0.05) is 42.6 Å². The lowest BCUT2D eigenvalue weighted by atomic mass is 10.1. The lowest BCUT2D eigenvalue weighted by Gasteiger charge is -2.11. The summed E-state index contributed by atoms with van der Waals surface area (Å²) in [5.74, 6) is 0.814. The van der Waals surface area contributed by atoms with Gasteiger partial charge < -0.3 is 14.8 Å². The zero-order chi connectivity index (χ0) is 22.4. The van der Waals surface area contributed by atoms with Crippen molar-refractivity contribution in [1.29, 1.82) is 0 Å². The molecule has 0 aliphatic rings. The van der Waals surface area contributed by atoms with Crippen molar-refractivity contribution in [3.05, 3.63) is 47.3 Å². The fraction of sp³-hybridized carbons (Fsp3) is 0.458. The number of hydrogen-bond acceptors (Lipinski definition) is 5. The molecule has 166 valence electrons. The molecular weight excluding hydrogens is 392 g/mol. The van der Waals surface area contributed by atoms with E-state index in [0.29, 0.717) is 26.0 Å². The van der Waals surface area contributed by atoms with Gasteiger partial charge in [0.15, 0.2) is 5.65 Å². The molecule has 1 amide bonds. The third-order valence-electron chi connectivity index (χ3n) is 5.24. The molecule has 1 N–H and O–H groups in total. The molecule has 0 saturated heterocycles. The number of ether oxygens (including phenoxy) is 2. The van der Waals surface area contributed by atoms with Crippen LogP contribution in [0.2, 0.25) is 0 Å². The van der Waals surface area contributed by atoms with Crippen LogP contribution in [-0.4, -0.2) is 46.9 Å². The first-order chi connectivity index (χ1) is 14.9. The van der Waals surface area contributed by atoms with Gasteiger partial charge in [-0.25, -0.2) is 9.50 Å². The molecule has 7 heteroatoms. The van der Waals surface area contributed by atoms with Crippen LogP contribution in [0.4, 0.5) is 0 Å². The molecule has 0 spiro atoms. The number of nitrogens with zero attached hydrogens (tertiary/aromatic N) is 3. The van der Waals surface area contributed by atoms with E-state index in [4.69, 9.17) is 19.6 Å². The molecule has 0 fully saturated rings. The van der Waals surface area contributed by atoms with Crippen molar-refractivity contribution in [3.8, 4) is 17.0 Å². The third-order valence-corrected chi connectivity index (χ3v) is 5.24. The van der Waals surface area contributed by atoms with Crippen molar-refractivity contribution >= 4 is 11.6 Å². The lowest BCUT2D eigenvalue weighted by Crippen LogP contribution is -2.26. The lowest BCUT2D eigenvalue weighted by molar-refractivity contribution is -0.121. The standard InChI is InChI=1S/C24H32N4O3/c1-16(2)31-14-8-13-25-24(29)12-11-19-17(3)26-23-15-21(27-28(23)18(19)4)20-9-6-7-10-22(20)30-5/h6-7,9-10,15-16H,8,11-14H2,1-5H3,(H,25,29). The van der Waals surface area contributed by atoms with Crippen LogP contribution in [0.5, 0.6) is 5.75 Å². The Kier molecular flexibility index (Phi) is 7.63. The summed E-state index contributed by atoms with van der Waals surface area (Å²) in [6.07, 6.45) is 2.07. The minimum absolute atomic E-state index is 0.0404. The van der Waals surface area contributed by atoms with Crippen molar-refractivity contribution in [3.63, 3.8) is 0 Å². The molecule has 0 atom stereocenters. The Labute approximate surface area is 183 Å². The number of fused-ring (bicyclic) bond motifs is 1. The van der Waals surface area contributed by atoms with E-state index in [1.807, 2.05) is 62.5 Å². The SMILES string of the molecule is COc1ccccc1-c1cc2nc(C)c(CCC(=O)NCCCOC(C)C)c(C)n2n1. The van der Waals surface area contributed by atoms with E-state index < -0.39 is 0 Å². The minimum Gasteiger partial charge on any atom is -0.496 e. The van der Waals surface area contributed by atoms with E-state index in [1.54, 1.807) is 7.11 Å². The number of benzene rings is 1. The Hall–Kier alpha value is -2.93. The van der Waals surface area contributed by atoms with E-state index in [9.17, 15) is 4.79 Å². The molecule has 0 radical (unpaired) electrons. The van der Waals surface area contributed by atoms with Crippen LogP contribution < -0.4 is 10.1 Å². The Balaban J connectivity index is 1.70. The summed E-state index contributed by atoms with van der Waals surface area (Å²) >= 11 is 0. The van der Waals surface area contributed by atoms with Gasteiger partial charge in [0.1, 0.15) is 5.75 Å². The maximum Gasteiger partial charge on any atom is 0.220 e. The molecule has 2 aromatic heterocycles. The second-order valence-electron chi connectivity index (χ2n) is 7.88. The Morgan fingerprint density at radius 2 is 2.00 bits per heavy atom. The Bertz CT molecular complexity index is 1040. The van der Waals surface area contributed by atoms with Crippen LogP contribution in [0.1, 0.15) is 43.6 Å². The molecule has 3 rings (SSSR count). The number of methoxy groups -OCH3 is 1. The van der Waals surface area contributed by atoms with Gasteiger partial charge in [0.25, 0.3) is 0 Å². The van der Waals surface area contributed by atoms with Crippen molar-refractivity contribution in [2.24, 2.45) is 0 Å². The van der Waals surface area contributed by atoms with Gasteiger partial charge in [-0.05, 0) is 58.2 Å². The number of amides is 1. The van der Waals surface area contributed by atoms with Crippen molar-refractivity contribution in [2.75, 3.05) is 20.3 Å². The fourth-order valence-electron chi connectivity index (χ4n) is 3.62.